The summed E-state index contributed by atoms with van der Waals surface area (Å²) in [4.78, 5) is 17.1. The third kappa shape index (κ3) is 3.10. The molecule has 0 radical (unpaired) electrons. The molecular formula is C23H17N5O. The summed E-state index contributed by atoms with van der Waals surface area (Å²) in [6, 6.07) is 14.2. The number of hydrogen-bond donors (Lipinski definition) is 0. The number of para-hydroxylation sites is 1. The second-order valence-corrected chi connectivity index (χ2v) is 6.62. The fourth-order valence-corrected chi connectivity index (χ4v) is 3.46. The predicted octanol–water partition coefficient (Wildman–Crippen LogP) is 4.63. The van der Waals surface area contributed by atoms with Gasteiger partial charge in [0.25, 0.3) is 0 Å². The Hall–Kier alpha value is -4.06. The zero-order valence-corrected chi connectivity index (χ0v) is 15.7. The van der Waals surface area contributed by atoms with Gasteiger partial charge in [0.05, 0.1) is 11.8 Å². The third-order valence-electron chi connectivity index (χ3n) is 4.84. The van der Waals surface area contributed by atoms with Crippen molar-refractivity contribution in [3.63, 3.8) is 0 Å². The molecule has 4 heterocycles. The van der Waals surface area contributed by atoms with E-state index in [9.17, 15) is 0 Å². The van der Waals surface area contributed by atoms with Crippen molar-refractivity contribution in [2.45, 2.75) is 0 Å². The average Bonchev–Trinajstić information content (AvgIpc) is 3.07. The van der Waals surface area contributed by atoms with Gasteiger partial charge in [0, 0.05) is 53.7 Å². The van der Waals surface area contributed by atoms with Gasteiger partial charge in [0.15, 0.2) is 0 Å². The Balaban J connectivity index is 1.46. The van der Waals surface area contributed by atoms with Crippen LogP contribution in [0.5, 0.6) is 5.88 Å². The molecule has 0 aliphatic rings. The summed E-state index contributed by atoms with van der Waals surface area (Å²) in [5.74, 6) is 0.498. The average molecular weight is 379 g/mol. The maximum Gasteiger partial charge on any atom is 0.226 e. The zero-order chi connectivity index (χ0) is 19.6. The van der Waals surface area contributed by atoms with Crippen molar-refractivity contribution in [2.24, 2.45) is 7.05 Å². The summed E-state index contributed by atoms with van der Waals surface area (Å²) >= 11 is 0. The summed E-state index contributed by atoms with van der Waals surface area (Å²) in [5, 5.41) is 2.30. The van der Waals surface area contributed by atoms with E-state index in [1.54, 1.807) is 24.9 Å². The highest BCUT2D eigenvalue weighted by atomic mass is 16.5. The van der Waals surface area contributed by atoms with E-state index >= 15 is 0 Å². The number of pyridine rings is 2. The number of rotatable bonds is 4. The van der Waals surface area contributed by atoms with Gasteiger partial charge in [-0.15, -0.1) is 0 Å². The van der Waals surface area contributed by atoms with E-state index in [2.05, 4.69) is 42.7 Å². The Morgan fingerprint density at radius 1 is 0.931 bits per heavy atom. The lowest BCUT2D eigenvalue weighted by Gasteiger charge is -2.06. The molecule has 6 heteroatoms. The van der Waals surface area contributed by atoms with E-state index < -0.39 is 0 Å². The van der Waals surface area contributed by atoms with Gasteiger partial charge < -0.3 is 9.30 Å². The summed E-state index contributed by atoms with van der Waals surface area (Å²) in [5.41, 5.74) is 4.76. The van der Waals surface area contributed by atoms with E-state index in [1.165, 1.54) is 11.7 Å². The van der Waals surface area contributed by atoms with Crippen LogP contribution < -0.4 is 4.74 Å². The quantitative estimate of drug-likeness (QED) is 0.426. The summed E-state index contributed by atoms with van der Waals surface area (Å²) in [7, 11) is 2.03. The van der Waals surface area contributed by atoms with Crippen LogP contribution in [-0.4, -0.2) is 24.5 Å². The highest BCUT2D eigenvalue weighted by Gasteiger charge is 2.09. The first-order valence-electron chi connectivity index (χ1n) is 9.18. The van der Waals surface area contributed by atoms with E-state index in [0.29, 0.717) is 5.88 Å². The Bertz CT molecular complexity index is 1340. The SMILES string of the molecule is Cn1c2ccccc2c2cc(/C=C/Oc3ncccc3-c3cncnc3)cnc21. The predicted molar refractivity (Wildman–Crippen MR) is 113 cm³/mol. The Labute approximate surface area is 167 Å². The first-order valence-corrected chi connectivity index (χ1v) is 9.18. The van der Waals surface area contributed by atoms with Crippen molar-refractivity contribution in [1.29, 1.82) is 0 Å². The molecular weight excluding hydrogens is 362 g/mol. The molecule has 0 N–H and O–H groups in total. The first-order chi connectivity index (χ1) is 14.3. The van der Waals surface area contributed by atoms with Crippen LogP contribution in [-0.2, 0) is 7.05 Å². The summed E-state index contributed by atoms with van der Waals surface area (Å²) in [6.07, 6.45) is 12.0. The van der Waals surface area contributed by atoms with Crippen molar-refractivity contribution in [3.8, 4) is 17.0 Å². The van der Waals surface area contributed by atoms with E-state index in [0.717, 1.165) is 33.2 Å². The molecule has 5 rings (SSSR count). The molecule has 29 heavy (non-hydrogen) atoms. The lowest BCUT2D eigenvalue weighted by Crippen LogP contribution is -1.92. The molecule has 0 fully saturated rings. The Kier molecular flexibility index (Phi) is 4.22. The minimum absolute atomic E-state index is 0.498. The smallest absolute Gasteiger partial charge is 0.226 e. The minimum atomic E-state index is 0.498. The third-order valence-corrected chi connectivity index (χ3v) is 4.84. The molecule has 0 unspecified atom stereocenters. The van der Waals surface area contributed by atoms with Crippen molar-refractivity contribution < 1.29 is 4.74 Å². The molecule has 1 aromatic carbocycles. The first kappa shape index (κ1) is 17.1. The molecule has 0 amide bonds. The van der Waals surface area contributed by atoms with E-state index in [4.69, 9.17) is 4.74 Å². The Morgan fingerprint density at radius 2 is 1.79 bits per heavy atom. The lowest BCUT2D eigenvalue weighted by molar-refractivity contribution is 0.467. The van der Waals surface area contributed by atoms with Gasteiger partial charge in [-0.1, -0.05) is 18.2 Å². The van der Waals surface area contributed by atoms with Gasteiger partial charge in [-0.3, -0.25) is 0 Å². The topological polar surface area (TPSA) is 65.7 Å². The fraction of sp³-hybridized carbons (Fsp3) is 0.0435. The number of aryl methyl sites for hydroxylation is 1. The monoisotopic (exact) mass is 379 g/mol. The molecule has 5 aromatic rings. The molecule has 0 bridgehead atoms. The van der Waals surface area contributed by atoms with Crippen LogP contribution in [0.25, 0.3) is 39.1 Å². The number of ether oxygens (including phenoxy) is 1. The molecule has 6 nitrogen and oxygen atoms in total. The van der Waals surface area contributed by atoms with E-state index in [1.807, 2.05) is 43.6 Å². The number of nitrogens with zero attached hydrogens (tertiary/aromatic N) is 5. The van der Waals surface area contributed by atoms with Gasteiger partial charge in [-0.05, 0) is 35.9 Å². The highest BCUT2D eigenvalue weighted by Crippen LogP contribution is 2.28. The maximum absolute atomic E-state index is 5.82. The number of aromatic nitrogens is 5. The largest absolute Gasteiger partial charge is 0.446 e. The number of fused-ring (bicyclic) bond motifs is 3. The van der Waals surface area contributed by atoms with Crippen molar-refractivity contribution in [2.75, 3.05) is 0 Å². The highest BCUT2D eigenvalue weighted by molar-refractivity contribution is 6.07. The summed E-state index contributed by atoms with van der Waals surface area (Å²) < 4.78 is 7.93. The minimum Gasteiger partial charge on any atom is -0.446 e. The molecule has 0 spiro atoms. The molecule has 0 aliphatic carbocycles. The van der Waals surface area contributed by atoms with Crippen molar-refractivity contribution in [1.82, 2.24) is 24.5 Å². The van der Waals surface area contributed by atoms with Crippen LogP contribution in [0.3, 0.4) is 0 Å². The molecule has 0 saturated heterocycles. The van der Waals surface area contributed by atoms with Gasteiger partial charge in [0.2, 0.25) is 5.88 Å². The van der Waals surface area contributed by atoms with Crippen LogP contribution in [0.15, 0.2) is 79.8 Å². The second-order valence-electron chi connectivity index (χ2n) is 6.62. The fourth-order valence-electron chi connectivity index (χ4n) is 3.46. The molecule has 0 aliphatic heterocycles. The van der Waals surface area contributed by atoms with E-state index in [-0.39, 0.29) is 0 Å². The van der Waals surface area contributed by atoms with Gasteiger partial charge >= 0.3 is 0 Å². The van der Waals surface area contributed by atoms with Crippen LogP contribution >= 0.6 is 0 Å². The standard InChI is InChI=1S/C23H17N5O/c1-28-21-7-3-2-5-19(21)20-11-16(12-27-22(20)28)8-10-29-23-18(6-4-9-26-23)17-13-24-15-25-14-17/h2-15H,1H3/b10-8+. The molecule has 4 aromatic heterocycles. The van der Waals surface area contributed by atoms with Crippen LogP contribution in [0, 0.1) is 0 Å². The normalized spacial score (nSPS) is 11.5. The number of hydrogen-bond acceptors (Lipinski definition) is 5. The van der Waals surface area contributed by atoms with Crippen LogP contribution in [0.1, 0.15) is 5.56 Å². The number of benzene rings is 1. The van der Waals surface area contributed by atoms with Crippen LogP contribution in [0.2, 0.25) is 0 Å². The van der Waals surface area contributed by atoms with Crippen molar-refractivity contribution >= 4 is 28.0 Å². The van der Waals surface area contributed by atoms with Gasteiger partial charge in [-0.25, -0.2) is 19.9 Å². The Morgan fingerprint density at radius 3 is 2.69 bits per heavy atom. The molecule has 0 atom stereocenters. The van der Waals surface area contributed by atoms with Gasteiger partial charge in [0.1, 0.15) is 12.0 Å². The molecule has 0 saturated carbocycles. The zero-order valence-electron chi connectivity index (χ0n) is 15.7. The van der Waals surface area contributed by atoms with Crippen LogP contribution in [0.4, 0.5) is 0 Å². The van der Waals surface area contributed by atoms with Crippen molar-refractivity contribution in [3.05, 3.63) is 85.4 Å². The second kappa shape index (κ2) is 7.16. The lowest BCUT2D eigenvalue weighted by atomic mass is 10.1. The van der Waals surface area contributed by atoms with Gasteiger partial charge in [-0.2, -0.15) is 0 Å². The maximum atomic E-state index is 5.82. The summed E-state index contributed by atoms with van der Waals surface area (Å²) in [6.45, 7) is 0. The molecule has 140 valence electrons.